The van der Waals surface area contributed by atoms with Gasteiger partial charge in [0, 0.05) is 0 Å². The van der Waals surface area contributed by atoms with Gasteiger partial charge < -0.3 is 4.74 Å². The second kappa shape index (κ2) is 10.0. The fourth-order valence-corrected chi connectivity index (χ4v) is 6.75. The summed E-state index contributed by atoms with van der Waals surface area (Å²) >= 11 is 0. The van der Waals surface area contributed by atoms with Crippen molar-refractivity contribution in [3.8, 4) is 5.75 Å². The van der Waals surface area contributed by atoms with Crippen molar-refractivity contribution in [2.45, 2.75) is 96.8 Å². The van der Waals surface area contributed by atoms with Gasteiger partial charge >= 0.3 is 0 Å². The summed E-state index contributed by atoms with van der Waals surface area (Å²) in [6, 6.07) is 3.39. The number of benzene rings is 1. The summed E-state index contributed by atoms with van der Waals surface area (Å²) in [4.78, 5) is 0. The summed E-state index contributed by atoms with van der Waals surface area (Å²) in [5.41, 5.74) is 0.572. The van der Waals surface area contributed by atoms with Crippen molar-refractivity contribution in [1.82, 2.24) is 0 Å². The van der Waals surface area contributed by atoms with E-state index in [0.29, 0.717) is 18.1 Å². The largest absolute Gasteiger partial charge is 0.491 e. The summed E-state index contributed by atoms with van der Waals surface area (Å²) in [6.07, 6.45) is 15.8. The standard InChI is InChI=1S/C27H40F2O/c1-3-30-25-15-14-24(26(28)27(25)29)23-13-12-21-16-20(10-11-22(21)17-23)9-8-19-6-4-18(2)5-7-19/h14-15,18-23H,3-13,16-17H2,1-2H3. The molecule has 168 valence electrons. The molecule has 4 unspecified atom stereocenters. The lowest BCUT2D eigenvalue weighted by molar-refractivity contribution is 0.108. The van der Waals surface area contributed by atoms with Crippen LogP contribution in [-0.4, -0.2) is 6.61 Å². The number of fused-ring (bicyclic) bond motifs is 1. The molecular weight excluding hydrogens is 378 g/mol. The molecule has 1 aromatic rings. The third-order valence-corrected chi connectivity index (χ3v) is 8.66. The lowest BCUT2D eigenvalue weighted by Gasteiger charge is -2.43. The van der Waals surface area contributed by atoms with Gasteiger partial charge in [-0.25, -0.2) is 4.39 Å². The molecule has 3 heteroatoms. The van der Waals surface area contributed by atoms with Crippen molar-refractivity contribution in [1.29, 1.82) is 0 Å². The Bertz CT molecular complexity index is 694. The van der Waals surface area contributed by atoms with Crippen LogP contribution in [0.2, 0.25) is 0 Å². The van der Waals surface area contributed by atoms with Gasteiger partial charge in [-0.05, 0) is 86.2 Å². The fraction of sp³-hybridized carbons (Fsp3) is 0.778. The Morgan fingerprint density at radius 3 is 2.23 bits per heavy atom. The van der Waals surface area contributed by atoms with Crippen molar-refractivity contribution in [3.05, 3.63) is 29.3 Å². The Morgan fingerprint density at radius 1 is 0.800 bits per heavy atom. The molecule has 0 aromatic heterocycles. The molecule has 0 bridgehead atoms. The summed E-state index contributed by atoms with van der Waals surface area (Å²) in [5, 5.41) is 0. The zero-order chi connectivity index (χ0) is 21.1. The molecule has 3 fully saturated rings. The molecule has 4 rings (SSSR count). The van der Waals surface area contributed by atoms with Crippen LogP contribution in [0.4, 0.5) is 8.78 Å². The molecule has 3 aliphatic rings. The highest BCUT2D eigenvalue weighted by Gasteiger charge is 2.37. The molecule has 3 aliphatic carbocycles. The zero-order valence-corrected chi connectivity index (χ0v) is 19.0. The van der Waals surface area contributed by atoms with E-state index in [1.807, 2.05) is 0 Å². The molecule has 4 atom stereocenters. The van der Waals surface area contributed by atoms with Gasteiger partial charge in [-0.3, -0.25) is 0 Å². The van der Waals surface area contributed by atoms with Crippen LogP contribution in [0.1, 0.15) is 102 Å². The summed E-state index contributed by atoms with van der Waals surface area (Å²) in [6.45, 7) is 4.55. The number of rotatable bonds is 6. The maximum atomic E-state index is 14.7. The van der Waals surface area contributed by atoms with Gasteiger partial charge in [0.1, 0.15) is 0 Å². The van der Waals surface area contributed by atoms with Crippen molar-refractivity contribution in [2.24, 2.45) is 29.6 Å². The first-order valence-electron chi connectivity index (χ1n) is 12.7. The Hall–Kier alpha value is -1.12. The molecule has 0 amide bonds. The lowest BCUT2D eigenvalue weighted by Crippen LogP contribution is -2.31. The van der Waals surface area contributed by atoms with Crippen molar-refractivity contribution in [2.75, 3.05) is 6.61 Å². The average molecular weight is 419 g/mol. The van der Waals surface area contributed by atoms with E-state index in [4.69, 9.17) is 4.74 Å². The van der Waals surface area contributed by atoms with Crippen molar-refractivity contribution >= 4 is 0 Å². The predicted molar refractivity (Wildman–Crippen MR) is 119 cm³/mol. The van der Waals surface area contributed by atoms with Crippen LogP contribution in [0.3, 0.4) is 0 Å². The second-order valence-electron chi connectivity index (χ2n) is 10.6. The molecule has 0 N–H and O–H groups in total. The molecule has 1 nitrogen and oxygen atoms in total. The normalized spacial score (nSPS) is 34.4. The highest BCUT2D eigenvalue weighted by molar-refractivity contribution is 5.33. The first kappa shape index (κ1) is 22.1. The van der Waals surface area contributed by atoms with E-state index < -0.39 is 11.6 Å². The third-order valence-electron chi connectivity index (χ3n) is 8.66. The van der Waals surface area contributed by atoms with Crippen LogP contribution in [0.25, 0.3) is 0 Å². The predicted octanol–water partition coefficient (Wildman–Crippen LogP) is 8.27. The van der Waals surface area contributed by atoms with Gasteiger partial charge in [0.2, 0.25) is 5.82 Å². The second-order valence-corrected chi connectivity index (χ2v) is 10.6. The molecule has 3 saturated carbocycles. The average Bonchev–Trinajstić information content (AvgIpc) is 2.76. The summed E-state index contributed by atoms with van der Waals surface area (Å²) in [5.74, 6) is 3.05. The molecule has 0 aliphatic heterocycles. The first-order chi connectivity index (χ1) is 14.5. The van der Waals surface area contributed by atoms with E-state index in [2.05, 4.69) is 6.92 Å². The molecule has 1 aromatic carbocycles. The maximum absolute atomic E-state index is 14.7. The SMILES string of the molecule is CCOc1ccc(C2CCC3CC(CCC4CCC(C)CC4)CCC3C2)c(F)c1F. The quantitative estimate of drug-likeness (QED) is 0.452. The molecular formula is C27H40F2O. The summed E-state index contributed by atoms with van der Waals surface area (Å²) in [7, 11) is 0. The molecule has 0 saturated heterocycles. The first-order valence-corrected chi connectivity index (χ1v) is 12.7. The van der Waals surface area contributed by atoms with E-state index >= 15 is 0 Å². The van der Waals surface area contributed by atoms with E-state index in [9.17, 15) is 8.78 Å². The Morgan fingerprint density at radius 2 is 1.47 bits per heavy atom. The van der Waals surface area contributed by atoms with Crippen LogP contribution in [-0.2, 0) is 0 Å². The monoisotopic (exact) mass is 418 g/mol. The fourth-order valence-electron chi connectivity index (χ4n) is 6.75. The van der Waals surface area contributed by atoms with Gasteiger partial charge in [-0.1, -0.05) is 57.9 Å². The Labute approximate surface area is 182 Å². The third kappa shape index (κ3) is 5.02. The highest BCUT2D eigenvalue weighted by Crippen LogP contribution is 2.49. The highest BCUT2D eigenvalue weighted by atomic mass is 19.2. The lowest BCUT2D eigenvalue weighted by atomic mass is 9.63. The number of halogens is 2. The summed E-state index contributed by atoms with van der Waals surface area (Å²) < 4.78 is 34.3. The van der Waals surface area contributed by atoms with Gasteiger partial charge in [-0.15, -0.1) is 0 Å². The molecule has 0 spiro atoms. The minimum absolute atomic E-state index is 0.0420. The molecule has 0 heterocycles. The number of hydrogen-bond acceptors (Lipinski definition) is 1. The van der Waals surface area contributed by atoms with Crippen LogP contribution in [0, 0.1) is 41.2 Å². The zero-order valence-electron chi connectivity index (χ0n) is 19.0. The minimum Gasteiger partial charge on any atom is -0.491 e. The van der Waals surface area contributed by atoms with E-state index in [1.54, 1.807) is 19.1 Å². The van der Waals surface area contributed by atoms with E-state index in [-0.39, 0.29) is 11.7 Å². The van der Waals surface area contributed by atoms with Crippen molar-refractivity contribution < 1.29 is 13.5 Å². The van der Waals surface area contributed by atoms with Gasteiger partial charge in [0.05, 0.1) is 6.61 Å². The van der Waals surface area contributed by atoms with Gasteiger partial charge in [-0.2, -0.15) is 4.39 Å². The molecule has 30 heavy (non-hydrogen) atoms. The smallest absolute Gasteiger partial charge is 0.200 e. The maximum Gasteiger partial charge on any atom is 0.200 e. The van der Waals surface area contributed by atoms with Gasteiger partial charge in [0.25, 0.3) is 0 Å². The van der Waals surface area contributed by atoms with Gasteiger partial charge in [0.15, 0.2) is 11.6 Å². The van der Waals surface area contributed by atoms with E-state index in [1.165, 1.54) is 64.2 Å². The van der Waals surface area contributed by atoms with Crippen LogP contribution >= 0.6 is 0 Å². The number of hydrogen-bond donors (Lipinski definition) is 0. The van der Waals surface area contributed by atoms with E-state index in [0.717, 1.165) is 36.5 Å². The molecule has 0 radical (unpaired) electrons. The minimum atomic E-state index is -0.808. The van der Waals surface area contributed by atoms with Crippen LogP contribution in [0.15, 0.2) is 12.1 Å². The Kier molecular flexibility index (Phi) is 7.36. The number of ether oxygens (including phenoxy) is 1. The van der Waals surface area contributed by atoms with Crippen molar-refractivity contribution in [3.63, 3.8) is 0 Å². The Balaban J connectivity index is 1.29. The topological polar surface area (TPSA) is 9.23 Å². The van der Waals surface area contributed by atoms with Crippen LogP contribution in [0.5, 0.6) is 5.75 Å². The van der Waals surface area contributed by atoms with Crippen LogP contribution < -0.4 is 4.74 Å².